The second-order valence-corrected chi connectivity index (χ2v) is 8.06. The van der Waals surface area contributed by atoms with Crippen molar-refractivity contribution in [3.8, 4) is 5.75 Å². The van der Waals surface area contributed by atoms with Gasteiger partial charge < -0.3 is 15.4 Å². The lowest BCUT2D eigenvalue weighted by Gasteiger charge is -2.13. The predicted molar refractivity (Wildman–Crippen MR) is 106 cm³/mol. The molecule has 2 N–H and O–H groups in total. The maximum atomic E-state index is 13.1. The monoisotopic (exact) mass is 446 g/mol. The molecule has 0 bridgehead atoms. The number of rotatable bonds is 4. The zero-order chi connectivity index (χ0) is 21.2. The van der Waals surface area contributed by atoms with Gasteiger partial charge in [-0.2, -0.15) is 13.2 Å². The summed E-state index contributed by atoms with van der Waals surface area (Å²) >= 11 is 7.00. The van der Waals surface area contributed by atoms with E-state index in [1.165, 1.54) is 13.2 Å². The molecule has 1 aromatic heterocycles. The van der Waals surface area contributed by atoms with Crippen molar-refractivity contribution in [1.29, 1.82) is 0 Å². The average Bonchev–Trinajstić information content (AvgIpc) is 2.82. The van der Waals surface area contributed by atoms with Gasteiger partial charge in [0.1, 0.15) is 10.8 Å². The first kappa shape index (κ1) is 21.4. The first-order valence-corrected chi connectivity index (χ1v) is 10.1. The second kappa shape index (κ2) is 8.62. The van der Waals surface area contributed by atoms with Crippen molar-refractivity contribution in [2.45, 2.75) is 38.3 Å². The average molecular weight is 447 g/mol. The fraction of sp³-hybridized carbons (Fsp3) is 0.368. The summed E-state index contributed by atoms with van der Waals surface area (Å²) in [4.78, 5) is 25.4. The number of nitrogens with one attached hydrogen (secondary N) is 2. The number of halogens is 4. The van der Waals surface area contributed by atoms with Gasteiger partial charge in [0.2, 0.25) is 0 Å². The van der Waals surface area contributed by atoms with Crippen molar-refractivity contribution < 1.29 is 27.5 Å². The molecule has 0 radical (unpaired) electrons. The molecule has 3 rings (SSSR count). The number of thiophene rings is 1. The van der Waals surface area contributed by atoms with Crippen LogP contribution in [0.4, 0.5) is 23.9 Å². The standard InChI is InChI=1S/C19H18ClF3N2O3S/c1-28-13-8-7-10(20)9-12(13)24-16(26)15-11-5-3-2-4-6-14(11)29-17(15)25-18(27)19(21,22)23/h7-9H,2-6H2,1H3,(H,24,26)(H,25,27). The van der Waals surface area contributed by atoms with Gasteiger partial charge in [-0.1, -0.05) is 18.0 Å². The third kappa shape index (κ3) is 4.84. The van der Waals surface area contributed by atoms with E-state index in [4.69, 9.17) is 16.3 Å². The highest BCUT2D eigenvalue weighted by Gasteiger charge is 2.40. The molecular weight excluding hydrogens is 429 g/mol. The Morgan fingerprint density at radius 3 is 2.55 bits per heavy atom. The molecule has 0 atom stereocenters. The minimum atomic E-state index is -5.05. The van der Waals surface area contributed by atoms with Gasteiger partial charge in [-0.15, -0.1) is 11.3 Å². The SMILES string of the molecule is COc1ccc(Cl)cc1NC(=O)c1c(NC(=O)C(F)(F)F)sc2c1CCCCC2. The van der Waals surface area contributed by atoms with Gasteiger partial charge in [-0.25, -0.2) is 0 Å². The molecule has 2 amide bonds. The molecule has 0 aliphatic heterocycles. The minimum Gasteiger partial charge on any atom is -0.495 e. The first-order chi connectivity index (χ1) is 13.7. The summed E-state index contributed by atoms with van der Waals surface area (Å²) in [5.74, 6) is -2.38. The van der Waals surface area contributed by atoms with Crippen LogP contribution >= 0.6 is 22.9 Å². The molecule has 2 aromatic rings. The summed E-state index contributed by atoms with van der Waals surface area (Å²) in [7, 11) is 1.42. The number of benzene rings is 1. The third-order valence-corrected chi connectivity index (χ3v) is 5.98. The van der Waals surface area contributed by atoms with Gasteiger partial charge in [0.15, 0.2) is 0 Å². The smallest absolute Gasteiger partial charge is 0.471 e. The summed E-state index contributed by atoms with van der Waals surface area (Å²) in [6.45, 7) is 0. The minimum absolute atomic E-state index is 0.0616. The van der Waals surface area contributed by atoms with Crippen LogP contribution in [0.1, 0.15) is 40.1 Å². The molecule has 0 spiro atoms. The van der Waals surface area contributed by atoms with E-state index in [1.807, 2.05) is 5.32 Å². The number of fused-ring (bicyclic) bond motifs is 1. The molecule has 1 aliphatic rings. The van der Waals surface area contributed by atoms with E-state index < -0.39 is 18.0 Å². The van der Waals surface area contributed by atoms with Gasteiger partial charge in [0.05, 0.1) is 18.4 Å². The number of alkyl halides is 3. The van der Waals surface area contributed by atoms with Crippen LogP contribution in [0.15, 0.2) is 18.2 Å². The van der Waals surface area contributed by atoms with Crippen LogP contribution in [0, 0.1) is 0 Å². The van der Waals surface area contributed by atoms with Crippen molar-refractivity contribution >= 4 is 45.4 Å². The molecule has 29 heavy (non-hydrogen) atoms. The highest BCUT2D eigenvalue weighted by molar-refractivity contribution is 7.17. The van der Waals surface area contributed by atoms with E-state index in [0.29, 0.717) is 29.2 Å². The molecule has 5 nitrogen and oxygen atoms in total. The van der Waals surface area contributed by atoms with E-state index in [0.717, 1.165) is 35.5 Å². The van der Waals surface area contributed by atoms with Crippen molar-refractivity contribution in [1.82, 2.24) is 0 Å². The van der Waals surface area contributed by atoms with Crippen LogP contribution in [-0.4, -0.2) is 25.1 Å². The molecule has 10 heteroatoms. The zero-order valence-corrected chi connectivity index (χ0v) is 17.0. The molecule has 156 valence electrons. The molecule has 0 saturated carbocycles. The Balaban J connectivity index is 2.00. The Kier molecular flexibility index (Phi) is 6.38. The Morgan fingerprint density at radius 1 is 1.14 bits per heavy atom. The van der Waals surface area contributed by atoms with Crippen LogP contribution in [0.5, 0.6) is 5.75 Å². The van der Waals surface area contributed by atoms with Gasteiger partial charge >= 0.3 is 12.1 Å². The topological polar surface area (TPSA) is 67.4 Å². The number of carbonyl (C=O) groups excluding carboxylic acids is 2. The molecular formula is C19H18ClF3N2O3S. The number of hydrogen-bond donors (Lipinski definition) is 2. The zero-order valence-electron chi connectivity index (χ0n) is 15.4. The van der Waals surface area contributed by atoms with E-state index >= 15 is 0 Å². The van der Waals surface area contributed by atoms with Crippen LogP contribution in [0.25, 0.3) is 0 Å². The van der Waals surface area contributed by atoms with Gasteiger partial charge in [0.25, 0.3) is 5.91 Å². The lowest BCUT2D eigenvalue weighted by molar-refractivity contribution is -0.167. The Morgan fingerprint density at radius 2 is 1.86 bits per heavy atom. The highest BCUT2D eigenvalue weighted by atomic mass is 35.5. The van der Waals surface area contributed by atoms with Crippen LogP contribution in [0.2, 0.25) is 5.02 Å². The van der Waals surface area contributed by atoms with E-state index in [-0.39, 0.29) is 16.3 Å². The largest absolute Gasteiger partial charge is 0.495 e. The maximum absolute atomic E-state index is 13.1. The van der Waals surface area contributed by atoms with Crippen molar-refractivity contribution in [3.63, 3.8) is 0 Å². The summed E-state index contributed by atoms with van der Waals surface area (Å²) < 4.78 is 43.5. The number of hydrogen-bond acceptors (Lipinski definition) is 4. The van der Waals surface area contributed by atoms with Gasteiger partial charge in [-0.3, -0.25) is 9.59 Å². The van der Waals surface area contributed by atoms with Gasteiger partial charge in [0, 0.05) is 9.90 Å². The number of ether oxygens (including phenoxy) is 1. The lowest BCUT2D eigenvalue weighted by Crippen LogP contribution is -2.30. The lowest BCUT2D eigenvalue weighted by atomic mass is 10.0. The predicted octanol–water partition coefficient (Wildman–Crippen LogP) is 5.43. The fourth-order valence-electron chi connectivity index (χ4n) is 3.21. The summed E-state index contributed by atoms with van der Waals surface area (Å²) in [5.41, 5.74) is 1.03. The van der Waals surface area contributed by atoms with Crippen molar-refractivity contribution in [2.75, 3.05) is 17.7 Å². The van der Waals surface area contributed by atoms with Gasteiger partial charge in [-0.05, 0) is 49.4 Å². The van der Waals surface area contributed by atoms with Crippen molar-refractivity contribution in [2.24, 2.45) is 0 Å². The van der Waals surface area contributed by atoms with Crippen LogP contribution in [-0.2, 0) is 17.6 Å². The van der Waals surface area contributed by atoms with Crippen molar-refractivity contribution in [3.05, 3.63) is 39.2 Å². The summed E-state index contributed by atoms with van der Waals surface area (Å²) in [6.07, 6.45) is -1.17. The fourth-order valence-corrected chi connectivity index (χ4v) is 4.66. The second-order valence-electron chi connectivity index (χ2n) is 6.52. The highest BCUT2D eigenvalue weighted by Crippen LogP contribution is 2.39. The molecule has 1 aromatic carbocycles. The van der Waals surface area contributed by atoms with Crippen LogP contribution < -0.4 is 15.4 Å². The summed E-state index contributed by atoms with van der Waals surface area (Å²) in [6, 6.07) is 4.64. The molecule has 0 fully saturated rings. The quantitative estimate of drug-likeness (QED) is 0.615. The molecule has 1 heterocycles. The molecule has 1 aliphatic carbocycles. The normalized spacial score (nSPS) is 14.0. The molecule has 0 unspecified atom stereocenters. The van der Waals surface area contributed by atoms with E-state index in [9.17, 15) is 22.8 Å². The number of anilines is 2. The van der Waals surface area contributed by atoms with E-state index in [1.54, 1.807) is 12.1 Å². The number of aryl methyl sites for hydroxylation is 1. The molecule has 0 saturated heterocycles. The Hall–Kier alpha value is -2.26. The van der Waals surface area contributed by atoms with Crippen LogP contribution in [0.3, 0.4) is 0 Å². The Bertz CT molecular complexity index is 944. The third-order valence-electron chi connectivity index (χ3n) is 4.54. The Labute approximate surface area is 174 Å². The van der Waals surface area contributed by atoms with E-state index in [2.05, 4.69) is 5.32 Å². The maximum Gasteiger partial charge on any atom is 0.471 e. The number of carbonyl (C=O) groups is 2. The summed E-state index contributed by atoms with van der Waals surface area (Å²) in [5, 5.41) is 4.78. The first-order valence-electron chi connectivity index (χ1n) is 8.88. The number of amides is 2. The number of methoxy groups -OCH3 is 1.